The Bertz CT molecular complexity index is 596. The molecule has 0 saturated carbocycles. The first-order chi connectivity index (χ1) is 11.7. The average Bonchev–Trinajstić information content (AvgIpc) is 3.16. The van der Waals surface area contributed by atoms with Gasteiger partial charge in [0, 0.05) is 32.8 Å². The zero-order chi connectivity index (χ0) is 16.9. The number of carbonyl (C=O) groups is 1. The summed E-state index contributed by atoms with van der Waals surface area (Å²) in [5.74, 6) is 0.878. The lowest BCUT2D eigenvalue weighted by Crippen LogP contribution is -2.53. The fourth-order valence-electron chi connectivity index (χ4n) is 3.05. The topological polar surface area (TPSA) is 54.0 Å². The summed E-state index contributed by atoms with van der Waals surface area (Å²) < 4.78 is 10.8. The normalized spacial score (nSPS) is 20.8. The van der Waals surface area contributed by atoms with E-state index in [0.717, 1.165) is 37.4 Å². The second kappa shape index (κ2) is 7.81. The van der Waals surface area contributed by atoms with Crippen LogP contribution in [0.5, 0.6) is 5.75 Å². The molecule has 2 aliphatic heterocycles. The first kappa shape index (κ1) is 17.0. The fraction of sp³-hybridized carbons (Fsp3) is 0.529. The van der Waals surface area contributed by atoms with Crippen molar-refractivity contribution in [3.8, 4) is 5.75 Å². The van der Waals surface area contributed by atoms with E-state index in [1.807, 2.05) is 29.2 Å². The molecule has 0 spiro atoms. The maximum absolute atomic E-state index is 12.4. The summed E-state index contributed by atoms with van der Waals surface area (Å²) in [7, 11) is 1.64. The molecule has 24 heavy (non-hydrogen) atoms. The van der Waals surface area contributed by atoms with Crippen molar-refractivity contribution in [2.75, 3.05) is 45.2 Å². The number of hydrogen-bond donors (Lipinski definition) is 1. The lowest BCUT2D eigenvalue weighted by atomic mass is 10.2. The molecule has 0 aromatic heterocycles. The Morgan fingerprint density at radius 2 is 1.96 bits per heavy atom. The number of amides is 1. The zero-order valence-corrected chi connectivity index (χ0v) is 14.7. The number of ether oxygens (including phenoxy) is 2. The van der Waals surface area contributed by atoms with Gasteiger partial charge in [-0.1, -0.05) is 12.1 Å². The van der Waals surface area contributed by atoms with E-state index in [2.05, 4.69) is 10.2 Å². The molecule has 0 radical (unpaired) electrons. The van der Waals surface area contributed by atoms with Gasteiger partial charge in [-0.05, 0) is 37.2 Å². The average molecular weight is 349 g/mol. The highest BCUT2D eigenvalue weighted by Gasteiger charge is 2.30. The number of benzene rings is 1. The van der Waals surface area contributed by atoms with Gasteiger partial charge >= 0.3 is 0 Å². The highest BCUT2D eigenvalue weighted by Crippen LogP contribution is 2.23. The maximum Gasteiger partial charge on any atom is 0.251 e. The zero-order valence-electron chi connectivity index (χ0n) is 13.9. The van der Waals surface area contributed by atoms with Crippen LogP contribution in [-0.4, -0.2) is 66.8 Å². The van der Waals surface area contributed by atoms with Gasteiger partial charge in [0.25, 0.3) is 5.91 Å². The summed E-state index contributed by atoms with van der Waals surface area (Å²) in [6.07, 6.45) is 1.58. The summed E-state index contributed by atoms with van der Waals surface area (Å²) in [6, 6.07) is 7.68. The van der Waals surface area contributed by atoms with Crippen LogP contribution in [0.3, 0.4) is 0 Å². The molecule has 7 heteroatoms. The van der Waals surface area contributed by atoms with E-state index in [0.29, 0.717) is 24.8 Å². The third kappa shape index (κ3) is 3.79. The minimum atomic E-state index is -0.241. The Hall–Kier alpha value is -1.86. The molecule has 2 saturated heterocycles. The summed E-state index contributed by atoms with van der Waals surface area (Å²) >= 11 is 5.51. The number of para-hydroxylation sites is 2. The molecule has 2 fully saturated rings. The highest BCUT2D eigenvalue weighted by atomic mass is 32.1. The Kier molecular flexibility index (Phi) is 5.52. The van der Waals surface area contributed by atoms with Crippen LogP contribution in [0.1, 0.15) is 12.8 Å². The van der Waals surface area contributed by atoms with Gasteiger partial charge in [0.15, 0.2) is 5.11 Å². The molecule has 0 bridgehead atoms. The Morgan fingerprint density at radius 1 is 1.25 bits per heavy atom. The number of anilines is 1. The number of nitrogens with one attached hydrogen (secondary N) is 1. The summed E-state index contributed by atoms with van der Waals surface area (Å²) in [4.78, 5) is 16.3. The van der Waals surface area contributed by atoms with Crippen LogP contribution in [0, 0.1) is 0 Å². The SMILES string of the molecule is COc1ccccc1NC(=S)N1CCN(C(=O)[C@@H]2CCCO2)CC1. The fourth-order valence-corrected chi connectivity index (χ4v) is 3.34. The Labute approximate surface area is 147 Å². The number of thiocarbonyl (C=S) groups is 1. The van der Waals surface area contributed by atoms with Crippen molar-refractivity contribution in [2.45, 2.75) is 18.9 Å². The van der Waals surface area contributed by atoms with Crippen molar-refractivity contribution in [3.63, 3.8) is 0 Å². The first-order valence-corrected chi connectivity index (χ1v) is 8.69. The standard InChI is InChI=1S/C17H23N3O3S/c1-22-14-6-3-2-5-13(14)18-17(24)20-10-8-19(9-11-20)16(21)15-7-4-12-23-15/h2-3,5-6,15H,4,7-12H2,1H3,(H,18,24)/t15-/m0/s1. The molecule has 0 aliphatic carbocycles. The van der Waals surface area contributed by atoms with Crippen LogP contribution in [0.25, 0.3) is 0 Å². The quantitative estimate of drug-likeness (QED) is 0.839. The second-order valence-corrected chi connectivity index (χ2v) is 6.33. The van der Waals surface area contributed by atoms with E-state index in [4.69, 9.17) is 21.7 Å². The lowest BCUT2D eigenvalue weighted by molar-refractivity contribution is -0.142. The second-order valence-electron chi connectivity index (χ2n) is 5.94. The molecule has 1 amide bonds. The highest BCUT2D eigenvalue weighted by molar-refractivity contribution is 7.80. The molecule has 130 valence electrons. The summed E-state index contributed by atoms with van der Waals surface area (Å²) in [5.41, 5.74) is 0.850. The molecule has 3 rings (SSSR count). The molecule has 1 atom stereocenters. The van der Waals surface area contributed by atoms with Gasteiger partial charge in [0.2, 0.25) is 0 Å². The van der Waals surface area contributed by atoms with Crippen LogP contribution in [0.15, 0.2) is 24.3 Å². The van der Waals surface area contributed by atoms with Gasteiger partial charge in [0.1, 0.15) is 11.9 Å². The van der Waals surface area contributed by atoms with Gasteiger partial charge < -0.3 is 24.6 Å². The Balaban J connectivity index is 1.52. The molecule has 1 N–H and O–H groups in total. The van der Waals surface area contributed by atoms with Crippen LogP contribution >= 0.6 is 12.2 Å². The summed E-state index contributed by atoms with van der Waals surface area (Å²) in [5, 5.41) is 3.89. The van der Waals surface area contributed by atoms with E-state index in [9.17, 15) is 4.79 Å². The number of nitrogens with zero attached hydrogens (tertiary/aromatic N) is 2. The molecule has 1 aromatic carbocycles. The molecule has 0 unspecified atom stereocenters. The molecule has 2 heterocycles. The smallest absolute Gasteiger partial charge is 0.251 e. The van der Waals surface area contributed by atoms with E-state index in [-0.39, 0.29) is 12.0 Å². The van der Waals surface area contributed by atoms with Crippen LogP contribution < -0.4 is 10.1 Å². The third-order valence-corrected chi connectivity index (χ3v) is 4.79. The van der Waals surface area contributed by atoms with Gasteiger partial charge in [-0.25, -0.2) is 0 Å². The predicted molar refractivity (Wildman–Crippen MR) is 96.3 cm³/mol. The van der Waals surface area contributed by atoms with Crippen molar-refractivity contribution in [1.29, 1.82) is 0 Å². The van der Waals surface area contributed by atoms with E-state index >= 15 is 0 Å². The number of hydrogen-bond acceptors (Lipinski definition) is 4. The molecular formula is C17H23N3O3S. The van der Waals surface area contributed by atoms with E-state index < -0.39 is 0 Å². The minimum absolute atomic E-state index is 0.121. The first-order valence-electron chi connectivity index (χ1n) is 8.28. The number of rotatable bonds is 3. The van der Waals surface area contributed by atoms with Gasteiger partial charge in [-0.2, -0.15) is 0 Å². The van der Waals surface area contributed by atoms with Gasteiger partial charge in [-0.3, -0.25) is 4.79 Å². The van der Waals surface area contributed by atoms with Crippen molar-refractivity contribution in [2.24, 2.45) is 0 Å². The van der Waals surface area contributed by atoms with Crippen molar-refractivity contribution >= 4 is 28.9 Å². The Morgan fingerprint density at radius 3 is 2.62 bits per heavy atom. The molecule has 2 aliphatic rings. The van der Waals surface area contributed by atoms with Crippen LogP contribution in [0.2, 0.25) is 0 Å². The molecular weight excluding hydrogens is 326 g/mol. The van der Waals surface area contributed by atoms with Crippen molar-refractivity contribution in [3.05, 3.63) is 24.3 Å². The molecule has 6 nitrogen and oxygen atoms in total. The molecule has 1 aromatic rings. The number of methoxy groups -OCH3 is 1. The largest absolute Gasteiger partial charge is 0.495 e. The van der Waals surface area contributed by atoms with Crippen molar-refractivity contribution < 1.29 is 14.3 Å². The monoisotopic (exact) mass is 349 g/mol. The summed E-state index contributed by atoms with van der Waals surface area (Å²) in [6.45, 7) is 3.49. The van der Waals surface area contributed by atoms with E-state index in [1.54, 1.807) is 7.11 Å². The maximum atomic E-state index is 12.4. The predicted octanol–water partition coefficient (Wildman–Crippen LogP) is 1.72. The van der Waals surface area contributed by atoms with Crippen LogP contribution in [0.4, 0.5) is 5.69 Å². The van der Waals surface area contributed by atoms with Crippen molar-refractivity contribution in [1.82, 2.24) is 9.80 Å². The number of piperazine rings is 1. The van der Waals surface area contributed by atoms with Gasteiger partial charge in [0.05, 0.1) is 12.8 Å². The third-order valence-electron chi connectivity index (χ3n) is 4.43. The minimum Gasteiger partial charge on any atom is -0.495 e. The van der Waals surface area contributed by atoms with Crippen LogP contribution in [-0.2, 0) is 9.53 Å². The van der Waals surface area contributed by atoms with Gasteiger partial charge in [-0.15, -0.1) is 0 Å². The lowest BCUT2D eigenvalue weighted by Gasteiger charge is -2.37. The number of carbonyl (C=O) groups excluding carboxylic acids is 1. The van der Waals surface area contributed by atoms with E-state index in [1.165, 1.54) is 0 Å².